The Morgan fingerprint density at radius 1 is 1.40 bits per heavy atom. The summed E-state index contributed by atoms with van der Waals surface area (Å²) in [4.78, 5) is 13.0. The monoisotopic (exact) mass is 215 g/mol. The molecule has 0 radical (unpaired) electrons. The summed E-state index contributed by atoms with van der Waals surface area (Å²) < 4.78 is 0. The highest BCUT2D eigenvalue weighted by atomic mass is 16.4. The number of aliphatic carboxylic acids is 1. The minimum Gasteiger partial charge on any atom is -0.480 e. The molecule has 0 fully saturated rings. The van der Waals surface area contributed by atoms with Crippen LogP contribution in [-0.4, -0.2) is 34.6 Å². The van der Waals surface area contributed by atoms with Gasteiger partial charge in [0.2, 0.25) is 0 Å². The summed E-state index contributed by atoms with van der Waals surface area (Å²) in [7, 11) is 1.89. The van der Waals surface area contributed by atoms with Gasteiger partial charge in [-0.05, 0) is 34.2 Å². The number of carbonyl (C=O) groups is 1. The molecule has 0 aromatic heterocycles. The van der Waals surface area contributed by atoms with Crippen LogP contribution in [0.4, 0.5) is 0 Å². The van der Waals surface area contributed by atoms with Crippen molar-refractivity contribution in [2.75, 3.05) is 7.05 Å². The minimum absolute atomic E-state index is 0.322. The van der Waals surface area contributed by atoms with Crippen LogP contribution in [0.25, 0.3) is 0 Å². The van der Waals surface area contributed by atoms with Crippen molar-refractivity contribution in [3.63, 3.8) is 0 Å². The van der Waals surface area contributed by atoms with E-state index in [-0.39, 0.29) is 0 Å². The van der Waals surface area contributed by atoms with Gasteiger partial charge in [0, 0.05) is 6.04 Å². The quantitative estimate of drug-likeness (QED) is 0.664. The van der Waals surface area contributed by atoms with Gasteiger partial charge in [0.1, 0.15) is 5.54 Å². The van der Waals surface area contributed by atoms with E-state index in [0.29, 0.717) is 6.04 Å². The zero-order valence-corrected chi connectivity index (χ0v) is 10.7. The van der Waals surface area contributed by atoms with Gasteiger partial charge in [-0.25, -0.2) is 0 Å². The van der Waals surface area contributed by atoms with Gasteiger partial charge in [0.25, 0.3) is 0 Å². The molecule has 0 rings (SSSR count). The Kier molecular flexibility index (Phi) is 5.88. The standard InChI is InChI=1S/C12H25NO2/c1-6-7-8-9-10(2)13(5)12(3,4)11(14)15/h10H,6-9H2,1-5H3,(H,14,15). The van der Waals surface area contributed by atoms with Crippen LogP contribution in [0.5, 0.6) is 0 Å². The average molecular weight is 215 g/mol. The molecule has 0 spiro atoms. The molecule has 0 heterocycles. The molecule has 15 heavy (non-hydrogen) atoms. The van der Waals surface area contributed by atoms with Gasteiger partial charge in [0.15, 0.2) is 0 Å². The van der Waals surface area contributed by atoms with Crippen LogP contribution in [-0.2, 0) is 4.79 Å². The lowest BCUT2D eigenvalue weighted by molar-refractivity contribution is -0.149. The molecule has 0 aromatic carbocycles. The number of rotatable bonds is 7. The maximum Gasteiger partial charge on any atom is 0.323 e. The van der Waals surface area contributed by atoms with Crippen LogP contribution in [0.15, 0.2) is 0 Å². The zero-order valence-electron chi connectivity index (χ0n) is 10.7. The number of unbranched alkanes of at least 4 members (excludes halogenated alkanes) is 2. The summed E-state index contributed by atoms with van der Waals surface area (Å²) in [5, 5.41) is 9.09. The highest BCUT2D eigenvalue weighted by molar-refractivity contribution is 5.77. The van der Waals surface area contributed by atoms with Crippen LogP contribution in [0.3, 0.4) is 0 Å². The Bertz CT molecular complexity index is 202. The Hall–Kier alpha value is -0.570. The number of hydrogen-bond donors (Lipinski definition) is 1. The van der Waals surface area contributed by atoms with E-state index in [4.69, 9.17) is 5.11 Å². The first-order valence-electron chi connectivity index (χ1n) is 5.80. The summed E-state index contributed by atoms with van der Waals surface area (Å²) in [6.07, 6.45) is 4.68. The molecule has 3 heteroatoms. The molecule has 3 nitrogen and oxygen atoms in total. The van der Waals surface area contributed by atoms with Gasteiger partial charge in [-0.15, -0.1) is 0 Å². The topological polar surface area (TPSA) is 40.5 Å². The third-order valence-corrected chi connectivity index (χ3v) is 3.29. The number of carboxylic acid groups (broad SMARTS) is 1. The van der Waals surface area contributed by atoms with Gasteiger partial charge in [-0.1, -0.05) is 26.2 Å². The second kappa shape index (κ2) is 6.11. The molecule has 0 amide bonds. The number of nitrogens with zero attached hydrogens (tertiary/aromatic N) is 1. The minimum atomic E-state index is -0.772. The maximum atomic E-state index is 11.1. The van der Waals surface area contributed by atoms with Crippen LogP contribution in [0.2, 0.25) is 0 Å². The van der Waals surface area contributed by atoms with Crippen LogP contribution in [0.1, 0.15) is 53.4 Å². The fourth-order valence-electron chi connectivity index (χ4n) is 1.59. The summed E-state index contributed by atoms with van der Waals surface area (Å²) >= 11 is 0. The van der Waals surface area contributed by atoms with E-state index in [1.165, 1.54) is 19.3 Å². The van der Waals surface area contributed by atoms with E-state index >= 15 is 0 Å². The van der Waals surface area contributed by atoms with Crippen LogP contribution < -0.4 is 0 Å². The Balaban J connectivity index is 4.18. The molecule has 90 valence electrons. The molecule has 0 aliphatic carbocycles. The van der Waals surface area contributed by atoms with Gasteiger partial charge < -0.3 is 5.11 Å². The number of hydrogen-bond acceptors (Lipinski definition) is 2. The molecule has 0 saturated heterocycles. The fraction of sp³-hybridized carbons (Fsp3) is 0.917. The van der Waals surface area contributed by atoms with Crippen molar-refractivity contribution < 1.29 is 9.90 Å². The Labute approximate surface area is 93.5 Å². The molecule has 1 N–H and O–H groups in total. The van der Waals surface area contributed by atoms with Gasteiger partial charge >= 0.3 is 5.97 Å². The van der Waals surface area contributed by atoms with Crippen molar-refractivity contribution in [1.82, 2.24) is 4.90 Å². The number of carboxylic acids is 1. The highest BCUT2D eigenvalue weighted by Gasteiger charge is 2.34. The average Bonchev–Trinajstić information content (AvgIpc) is 2.16. The number of likely N-dealkylation sites (N-methyl/N-ethyl adjacent to an activating group) is 1. The molecule has 1 atom stereocenters. The molecule has 0 aromatic rings. The molecular formula is C12H25NO2. The van der Waals surface area contributed by atoms with Crippen molar-refractivity contribution in [2.24, 2.45) is 0 Å². The fourth-order valence-corrected chi connectivity index (χ4v) is 1.59. The summed E-state index contributed by atoms with van der Waals surface area (Å²) in [5.74, 6) is -0.757. The van der Waals surface area contributed by atoms with Gasteiger partial charge in [-0.2, -0.15) is 0 Å². The van der Waals surface area contributed by atoms with E-state index in [0.717, 1.165) is 6.42 Å². The summed E-state index contributed by atoms with van der Waals surface area (Å²) in [6, 6.07) is 0.322. The first-order valence-corrected chi connectivity index (χ1v) is 5.80. The first-order chi connectivity index (χ1) is 6.84. The first kappa shape index (κ1) is 14.4. The Morgan fingerprint density at radius 2 is 1.93 bits per heavy atom. The summed E-state index contributed by atoms with van der Waals surface area (Å²) in [6.45, 7) is 7.78. The molecule has 0 aliphatic rings. The van der Waals surface area contributed by atoms with E-state index in [2.05, 4.69) is 13.8 Å². The van der Waals surface area contributed by atoms with E-state index in [9.17, 15) is 4.79 Å². The molecule has 0 bridgehead atoms. The highest BCUT2D eigenvalue weighted by Crippen LogP contribution is 2.19. The predicted octanol–water partition coefficient (Wildman–Crippen LogP) is 2.75. The summed E-state index contributed by atoms with van der Waals surface area (Å²) in [5.41, 5.74) is -0.772. The maximum absolute atomic E-state index is 11.1. The van der Waals surface area contributed by atoms with E-state index in [1.807, 2.05) is 11.9 Å². The van der Waals surface area contributed by atoms with E-state index < -0.39 is 11.5 Å². The largest absolute Gasteiger partial charge is 0.480 e. The third kappa shape index (κ3) is 4.20. The van der Waals surface area contributed by atoms with Gasteiger partial charge in [-0.3, -0.25) is 9.69 Å². The lowest BCUT2D eigenvalue weighted by Crippen LogP contribution is -2.51. The smallest absolute Gasteiger partial charge is 0.323 e. The predicted molar refractivity (Wildman–Crippen MR) is 63.1 cm³/mol. The Morgan fingerprint density at radius 3 is 2.33 bits per heavy atom. The second-order valence-electron chi connectivity index (χ2n) is 4.82. The van der Waals surface area contributed by atoms with Crippen molar-refractivity contribution in [2.45, 2.75) is 65.0 Å². The lowest BCUT2D eigenvalue weighted by Gasteiger charge is -2.36. The van der Waals surface area contributed by atoms with Crippen LogP contribution >= 0.6 is 0 Å². The molecule has 0 saturated carbocycles. The zero-order chi connectivity index (χ0) is 12.1. The molecule has 1 unspecified atom stereocenters. The van der Waals surface area contributed by atoms with E-state index in [1.54, 1.807) is 13.8 Å². The SMILES string of the molecule is CCCCCC(C)N(C)C(C)(C)C(=O)O. The molecule has 0 aliphatic heterocycles. The third-order valence-electron chi connectivity index (χ3n) is 3.29. The normalized spacial score (nSPS) is 14.3. The van der Waals surface area contributed by atoms with Crippen molar-refractivity contribution in [3.05, 3.63) is 0 Å². The molecular weight excluding hydrogens is 190 g/mol. The lowest BCUT2D eigenvalue weighted by atomic mass is 9.99. The van der Waals surface area contributed by atoms with Crippen LogP contribution in [0, 0.1) is 0 Å². The van der Waals surface area contributed by atoms with Crippen molar-refractivity contribution >= 4 is 5.97 Å². The van der Waals surface area contributed by atoms with Crippen molar-refractivity contribution in [1.29, 1.82) is 0 Å². The van der Waals surface area contributed by atoms with Crippen molar-refractivity contribution in [3.8, 4) is 0 Å². The van der Waals surface area contributed by atoms with Gasteiger partial charge in [0.05, 0.1) is 0 Å². The second-order valence-corrected chi connectivity index (χ2v) is 4.82.